The zero-order valence-electron chi connectivity index (χ0n) is 11.0. The molecule has 0 fully saturated rings. The van der Waals surface area contributed by atoms with E-state index < -0.39 is 0 Å². The highest BCUT2D eigenvalue weighted by atomic mass is 16.1. The highest BCUT2D eigenvalue weighted by Gasteiger charge is 2.03. The van der Waals surface area contributed by atoms with Crippen molar-refractivity contribution in [3.05, 3.63) is 72.3 Å². The van der Waals surface area contributed by atoms with Crippen molar-refractivity contribution < 1.29 is 4.79 Å². The first kappa shape index (κ1) is 12.9. The summed E-state index contributed by atoms with van der Waals surface area (Å²) >= 11 is 0. The zero-order chi connectivity index (χ0) is 14.5. The summed E-state index contributed by atoms with van der Waals surface area (Å²) in [6, 6.07) is 12.6. The average molecular weight is 277 g/mol. The van der Waals surface area contributed by atoms with Crippen LogP contribution in [-0.4, -0.2) is 31.0 Å². The Bertz CT molecular complexity index is 749. The van der Waals surface area contributed by atoms with Gasteiger partial charge in [0.05, 0.1) is 11.4 Å². The van der Waals surface area contributed by atoms with Gasteiger partial charge in [0.2, 0.25) is 0 Å². The molecule has 0 unspecified atom stereocenters. The topological polar surface area (TPSA) is 73.6 Å². The van der Waals surface area contributed by atoms with E-state index >= 15 is 0 Å². The molecule has 21 heavy (non-hydrogen) atoms. The van der Waals surface area contributed by atoms with E-state index in [-0.39, 0.29) is 5.78 Å². The number of hydrogen-bond donors (Lipinski definition) is 0. The lowest BCUT2D eigenvalue weighted by Gasteiger charge is -2.00. The van der Waals surface area contributed by atoms with Crippen molar-refractivity contribution in [1.82, 2.24) is 25.2 Å². The van der Waals surface area contributed by atoms with Crippen molar-refractivity contribution in [2.75, 3.05) is 0 Å². The summed E-state index contributed by atoms with van der Waals surface area (Å²) in [5, 5.41) is 10.9. The van der Waals surface area contributed by atoms with Crippen LogP contribution in [0.2, 0.25) is 0 Å². The van der Waals surface area contributed by atoms with Crippen molar-refractivity contribution in [2.24, 2.45) is 0 Å². The third-order valence-electron chi connectivity index (χ3n) is 2.86. The first-order valence-corrected chi connectivity index (χ1v) is 6.30. The molecule has 0 N–H and O–H groups in total. The van der Waals surface area contributed by atoms with Crippen LogP contribution in [0.15, 0.2) is 61.1 Å². The Labute approximate surface area is 120 Å². The molecule has 6 nitrogen and oxygen atoms in total. The van der Waals surface area contributed by atoms with Crippen LogP contribution in [-0.2, 0) is 0 Å². The SMILES string of the molecule is O=C(/C=C/c1ccccn1)c1ccc(-n2cnnn2)cc1. The minimum Gasteiger partial charge on any atom is -0.289 e. The third kappa shape index (κ3) is 3.06. The second-order valence-corrected chi connectivity index (χ2v) is 4.25. The molecule has 0 aliphatic heterocycles. The van der Waals surface area contributed by atoms with E-state index in [1.807, 2.05) is 18.2 Å². The standard InChI is InChI=1S/C15H11N5O/c21-15(9-6-13-3-1-2-10-16-13)12-4-7-14(8-5-12)20-11-17-18-19-20/h1-11H/b9-6+. The summed E-state index contributed by atoms with van der Waals surface area (Å²) < 4.78 is 1.53. The van der Waals surface area contributed by atoms with Gasteiger partial charge in [0, 0.05) is 11.8 Å². The van der Waals surface area contributed by atoms with E-state index in [0.717, 1.165) is 11.4 Å². The number of ketones is 1. The summed E-state index contributed by atoms with van der Waals surface area (Å²) in [5.41, 5.74) is 2.14. The van der Waals surface area contributed by atoms with Crippen LogP contribution in [0.3, 0.4) is 0 Å². The number of hydrogen-bond acceptors (Lipinski definition) is 5. The summed E-state index contributed by atoms with van der Waals surface area (Å²) in [6.45, 7) is 0. The lowest BCUT2D eigenvalue weighted by Crippen LogP contribution is -1.98. The quantitative estimate of drug-likeness (QED) is 0.538. The zero-order valence-corrected chi connectivity index (χ0v) is 11.0. The molecule has 0 aliphatic carbocycles. The van der Waals surface area contributed by atoms with Crippen molar-refractivity contribution in [3.63, 3.8) is 0 Å². The van der Waals surface area contributed by atoms with Gasteiger partial charge in [-0.15, -0.1) is 5.10 Å². The maximum atomic E-state index is 12.1. The van der Waals surface area contributed by atoms with Crippen molar-refractivity contribution in [3.8, 4) is 5.69 Å². The molecule has 0 spiro atoms. The minimum absolute atomic E-state index is 0.0797. The molecule has 0 aliphatic rings. The molecule has 0 bridgehead atoms. The monoisotopic (exact) mass is 277 g/mol. The van der Waals surface area contributed by atoms with Crippen molar-refractivity contribution in [2.45, 2.75) is 0 Å². The molecule has 3 aromatic rings. The Balaban J connectivity index is 1.75. The van der Waals surface area contributed by atoms with Crippen molar-refractivity contribution in [1.29, 1.82) is 0 Å². The van der Waals surface area contributed by atoms with Gasteiger partial charge in [-0.3, -0.25) is 9.78 Å². The second-order valence-electron chi connectivity index (χ2n) is 4.25. The Kier molecular flexibility index (Phi) is 3.60. The Hall–Kier alpha value is -3.15. The third-order valence-corrected chi connectivity index (χ3v) is 2.86. The number of rotatable bonds is 4. The molecule has 0 saturated carbocycles. The van der Waals surface area contributed by atoms with E-state index in [4.69, 9.17) is 0 Å². The lowest BCUT2D eigenvalue weighted by molar-refractivity contribution is 0.104. The number of pyridine rings is 1. The Morgan fingerprint density at radius 1 is 1.10 bits per heavy atom. The van der Waals surface area contributed by atoms with E-state index in [0.29, 0.717) is 5.56 Å². The smallest absolute Gasteiger partial charge is 0.185 e. The molecule has 2 heterocycles. The number of carbonyl (C=O) groups is 1. The van der Waals surface area contributed by atoms with Crippen LogP contribution in [0.25, 0.3) is 11.8 Å². The Morgan fingerprint density at radius 3 is 2.62 bits per heavy atom. The molecule has 0 radical (unpaired) electrons. The summed E-state index contributed by atoms with van der Waals surface area (Å²) in [7, 11) is 0. The van der Waals surface area contributed by atoms with E-state index in [1.165, 1.54) is 17.1 Å². The predicted octanol–water partition coefficient (Wildman–Crippen LogP) is 1.95. The number of benzene rings is 1. The largest absolute Gasteiger partial charge is 0.289 e. The molecular formula is C15H11N5O. The number of nitrogens with zero attached hydrogens (tertiary/aromatic N) is 5. The normalized spacial score (nSPS) is 10.9. The van der Waals surface area contributed by atoms with E-state index in [9.17, 15) is 4.79 Å². The van der Waals surface area contributed by atoms with Gasteiger partial charge in [-0.2, -0.15) is 0 Å². The van der Waals surface area contributed by atoms with Crippen LogP contribution >= 0.6 is 0 Å². The number of carbonyl (C=O) groups excluding carboxylic acids is 1. The van der Waals surface area contributed by atoms with Crippen LogP contribution in [0.5, 0.6) is 0 Å². The molecule has 2 aromatic heterocycles. The maximum absolute atomic E-state index is 12.1. The van der Waals surface area contributed by atoms with Crippen LogP contribution in [0.1, 0.15) is 16.1 Å². The van der Waals surface area contributed by atoms with Crippen molar-refractivity contribution >= 4 is 11.9 Å². The first-order chi connectivity index (χ1) is 10.3. The van der Waals surface area contributed by atoms with Gasteiger partial charge in [-0.05, 0) is 59.0 Å². The molecule has 0 amide bonds. The van der Waals surface area contributed by atoms with Crippen LogP contribution < -0.4 is 0 Å². The van der Waals surface area contributed by atoms with Gasteiger partial charge in [0.25, 0.3) is 0 Å². The summed E-state index contributed by atoms with van der Waals surface area (Å²) in [5.74, 6) is -0.0797. The van der Waals surface area contributed by atoms with E-state index in [2.05, 4.69) is 20.5 Å². The average Bonchev–Trinajstić information content (AvgIpc) is 3.08. The number of aromatic nitrogens is 5. The van der Waals surface area contributed by atoms with E-state index in [1.54, 1.807) is 36.5 Å². The molecular weight excluding hydrogens is 266 g/mol. The van der Waals surface area contributed by atoms with Gasteiger partial charge in [0.15, 0.2) is 5.78 Å². The molecule has 6 heteroatoms. The fraction of sp³-hybridized carbons (Fsp3) is 0. The van der Waals surface area contributed by atoms with Gasteiger partial charge >= 0.3 is 0 Å². The molecule has 102 valence electrons. The second kappa shape index (κ2) is 5.87. The maximum Gasteiger partial charge on any atom is 0.185 e. The van der Waals surface area contributed by atoms with Gasteiger partial charge in [-0.25, -0.2) is 4.68 Å². The molecule has 0 atom stereocenters. The number of tetrazole rings is 1. The molecule has 0 saturated heterocycles. The predicted molar refractivity (Wildman–Crippen MR) is 76.8 cm³/mol. The number of allylic oxidation sites excluding steroid dienone is 1. The van der Waals surface area contributed by atoms with Crippen LogP contribution in [0.4, 0.5) is 0 Å². The van der Waals surface area contributed by atoms with Gasteiger partial charge in [0.1, 0.15) is 6.33 Å². The van der Waals surface area contributed by atoms with Crippen LogP contribution in [0, 0.1) is 0 Å². The Morgan fingerprint density at radius 2 is 1.95 bits per heavy atom. The fourth-order valence-corrected chi connectivity index (χ4v) is 1.79. The first-order valence-electron chi connectivity index (χ1n) is 6.30. The summed E-state index contributed by atoms with van der Waals surface area (Å²) in [4.78, 5) is 16.2. The summed E-state index contributed by atoms with van der Waals surface area (Å²) in [6.07, 6.45) is 6.38. The van der Waals surface area contributed by atoms with Gasteiger partial charge in [-0.1, -0.05) is 6.07 Å². The van der Waals surface area contributed by atoms with Gasteiger partial charge < -0.3 is 0 Å². The minimum atomic E-state index is -0.0797. The lowest BCUT2D eigenvalue weighted by atomic mass is 10.1. The fourth-order valence-electron chi connectivity index (χ4n) is 1.79. The molecule has 1 aromatic carbocycles. The highest BCUT2D eigenvalue weighted by Crippen LogP contribution is 2.09. The molecule has 3 rings (SSSR count). The highest BCUT2D eigenvalue weighted by molar-refractivity contribution is 6.06.